The van der Waals surface area contributed by atoms with Crippen LogP contribution in [0.3, 0.4) is 0 Å². The number of carbonyl (C=O) groups is 1. The van der Waals surface area contributed by atoms with Crippen LogP contribution < -0.4 is 0 Å². The molecule has 4 nitrogen and oxygen atoms in total. The van der Waals surface area contributed by atoms with Gasteiger partial charge in [0.25, 0.3) is 0 Å². The molecule has 0 aliphatic carbocycles. The van der Waals surface area contributed by atoms with Gasteiger partial charge in [0.2, 0.25) is 5.91 Å². The highest BCUT2D eigenvalue weighted by Crippen LogP contribution is 2.22. The van der Waals surface area contributed by atoms with E-state index in [0.29, 0.717) is 18.9 Å². The maximum Gasteiger partial charge on any atom is 0.223 e. The lowest BCUT2D eigenvalue weighted by atomic mass is 10.0. The zero-order chi connectivity index (χ0) is 11.4. The third kappa shape index (κ3) is 3.18. The molecule has 15 heavy (non-hydrogen) atoms. The van der Waals surface area contributed by atoms with Crippen molar-refractivity contribution in [3.63, 3.8) is 0 Å². The van der Waals surface area contributed by atoms with Gasteiger partial charge in [-0.2, -0.15) is 0 Å². The number of hydrogen-bond acceptors (Lipinski definition) is 3. The molecule has 1 amide bonds. The molecule has 4 heteroatoms. The summed E-state index contributed by atoms with van der Waals surface area (Å²) in [6, 6.07) is -0.0750. The molecule has 0 aromatic carbocycles. The summed E-state index contributed by atoms with van der Waals surface area (Å²) in [5, 5.41) is 18.3. The van der Waals surface area contributed by atoms with Gasteiger partial charge in [0.15, 0.2) is 0 Å². The lowest BCUT2D eigenvalue weighted by molar-refractivity contribution is -0.130. The van der Waals surface area contributed by atoms with Crippen molar-refractivity contribution in [2.75, 3.05) is 19.8 Å². The Morgan fingerprint density at radius 3 is 2.53 bits per heavy atom. The molecule has 1 rings (SSSR count). The minimum atomic E-state index is -0.0750. The van der Waals surface area contributed by atoms with Crippen LogP contribution in [0.2, 0.25) is 0 Å². The predicted molar refractivity (Wildman–Crippen MR) is 57.2 cm³/mol. The fourth-order valence-electron chi connectivity index (χ4n) is 2.13. The van der Waals surface area contributed by atoms with Crippen molar-refractivity contribution < 1.29 is 15.0 Å². The highest BCUT2D eigenvalue weighted by molar-refractivity contribution is 5.79. The second kappa shape index (κ2) is 5.47. The van der Waals surface area contributed by atoms with Crippen molar-refractivity contribution >= 4 is 5.91 Å². The summed E-state index contributed by atoms with van der Waals surface area (Å²) in [6.45, 7) is 4.82. The normalized spacial score (nSPS) is 23.9. The van der Waals surface area contributed by atoms with E-state index in [2.05, 4.69) is 13.8 Å². The van der Waals surface area contributed by atoms with Gasteiger partial charge in [-0.25, -0.2) is 0 Å². The molecule has 88 valence electrons. The van der Waals surface area contributed by atoms with Crippen LogP contribution >= 0.6 is 0 Å². The van der Waals surface area contributed by atoms with Crippen molar-refractivity contribution in [1.82, 2.24) is 4.90 Å². The number of likely N-dealkylation sites (tertiary alicyclic amines) is 1. The number of amides is 1. The van der Waals surface area contributed by atoms with Gasteiger partial charge in [0.1, 0.15) is 0 Å². The third-order valence-corrected chi connectivity index (χ3v) is 2.89. The van der Waals surface area contributed by atoms with E-state index in [1.165, 1.54) is 0 Å². The zero-order valence-electron chi connectivity index (χ0n) is 9.52. The Labute approximate surface area is 90.9 Å². The van der Waals surface area contributed by atoms with Gasteiger partial charge in [0.05, 0.1) is 12.6 Å². The Bertz CT molecular complexity index is 218. The van der Waals surface area contributed by atoms with Gasteiger partial charge in [-0.05, 0) is 12.3 Å². The number of rotatable bonds is 5. The lowest BCUT2D eigenvalue weighted by Crippen LogP contribution is -2.40. The Morgan fingerprint density at radius 2 is 2.13 bits per heavy atom. The van der Waals surface area contributed by atoms with Crippen molar-refractivity contribution in [3.8, 4) is 0 Å². The maximum absolute atomic E-state index is 11.6. The first-order valence-corrected chi connectivity index (χ1v) is 5.59. The smallest absolute Gasteiger partial charge is 0.223 e. The minimum absolute atomic E-state index is 0.0159. The summed E-state index contributed by atoms with van der Waals surface area (Å²) in [6.07, 6.45) is 1.24. The van der Waals surface area contributed by atoms with Crippen LogP contribution in [0.1, 0.15) is 26.7 Å². The monoisotopic (exact) mass is 215 g/mol. The third-order valence-electron chi connectivity index (χ3n) is 2.89. The number of carbonyl (C=O) groups excluding carboxylic acids is 1. The van der Waals surface area contributed by atoms with E-state index in [4.69, 9.17) is 5.11 Å². The van der Waals surface area contributed by atoms with Gasteiger partial charge in [-0.3, -0.25) is 4.79 Å². The SMILES string of the molecule is CC(C)C[C@@H](CO)N1CC(CO)CC1=O. The van der Waals surface area contributed by atoms with E-state index in [9.17, 15) is 9.90 Å². The van der Waals surface area contributed by atoms with Gasteiger partial charge in [0, 0.05) is 25.5 Å². The van der Waals surface area contributed by atoms with Gasteiger partial charge >= 0.3 is 0 Å². The predicted octanol–water partition coefficient (Wildman–Crippen LogP) is 0.234. The first-order valence-electron chi connectivity index (χ1n) is 5.59. The van der Waals surface area contributed by atoms with Crippen molar-refractivity contribution in [2.45, 2.75) is 32.7 Å². The Morgan fingerprint density at radius 1 is 1.47 bits per heavy atom. The second-order valence-corrected chi connectivity index (χ2v) is 4.76. The molecule has 1 aliphatic rings. The van der Waals surface area contributed by atoms with E-state index < -0.39 is 0 Å². The Balaban J connectivity index is 2.57. The van der Waals surface area contributed by atoms with Crippen LogP contribution in [0.15, 0.2) is 0 Å². The van der Waals surface area contributed by atoms with E-state index in [0.717, 1.165) is 6.42 Å². The van der Waals surface area contributed by atoms with E-state index in [-0.39, 0.29) is 31.1 Å². The molecule has 2 N–H and O–H groups in total. The largest absolute Gasteiger partial charge is 0.396 e. The number of hydrogen-bond donors (Lipinski definition) is 2. The second-order valence-electron chi connectivity index (χ2n) is 4.76. The first-order chi connectivity index (χ1) is 7.08. The van der Waals surface area contributed by atoms with Crippen molar-refractivity contribution in [1.29, 1.82) is 0 Å². The summed E-state index contributed by atoms with van der Waals surface area (Å²) in [5.41, 5.74) is 0. The molecule has 1 heterocycles. The topological polar surface area (TPSA) is 60.8 Å². The summed E-state index contributed by atoms with van der Waals surface area (Å²) in [5.74, 6) is 0.579. The molecule has 1 saturated heterocycles. The molecule has 0 aromatic heterocycles. The van der Waals surface area contributed by atoms with Crippen molar-refractivity contribution in [3.05, 3.63) is 0 Å². The molecule has 0 radical (unpaired) electrons. The average Bonchev–Trinajstić information content (AvgIpc) is 2.56. The van der Waals surface area contributed by atoms with E-state index >= 15 is 0 Å². The molecule has 1 unspecified atom stereocenters. The van der Waals surface area contributed by atoms with Crippen LogP contribution in [-0.4, -0.2) is 46.8 Å². The zero-order valence-corrected chi connectivity index (χ0v) is 9.52. The van der Waals surface area contributed by atoms with Crippen LogP contribution in [-0.2, 0) is 4.79 Å². The lowest BCUT2D eigenvalue weighted by Gasteiger charge is -2.27. The molecular weight excluding hydrogens is 194 g/mol. The van der Waals surface area contributed by atoms with Crippen LogP contribution in [0, 0.1) is 11.8 Å². The Kier molecular flexibility index (Phi) is 4.54. The fraction of sp³-hybridized carbons (Fsp3) is 0.909. The molecular formula is C11H21NO3. The highest BCUT2D eigenvalue weighted by Gasteiger charge is 2.33. The van der Waals surface area contributed by atoms with Gasteiger partial charge in [-0.1, -0.05) is 13.8 Å². The van der Waals surface area contributed by atoms with Crippen molar-refractivity contribution in [2.24, 2.45) is 11.8 Å². The van der Waals surface area contributed by atoms with Gasteiger partial charge < -0.3 is 15.1 Å². The number of aliphatic hydroxyl groups is 2. The minimum Gasteiger partial charge on any atom is -0.396 e. The summed E-state index contributed by atoms with van der Waals surface area (Å²) >= 11 is 0. The molecule has 0 saturated carbocycles. The number of aliphatic hydroxyl groups excluding tert-OH is 2. The molecule has 0 spiro atoms. The number of nitrogens with zero attached hydrogens (tertiary/aromatic N) is 1. The standard InChI is InChI=1S/C11H21NO3/c1-8(2)3-10(7-14)12-5-9(6-13)4-11(12)15/h8-10,13-14H,3-7H2,1-2H3/t9?,10-/m0/s1. The Hall–Kier alpha value is -0.610. The summed E-state index contributed by atoms with van der Waals surface area (Å²) in [4.78, 5) is 13.4. The molecule has 1 aliphatic heterocycles. The van der Waals surface area contributed by atoms with E-state index in [1.54, 1.807) is 4.90 Å². The summed E-state index contributed by atoms with van der Waals surface area (Å²) in [7, 11) is 0. The molecule has 0 aromatic rings. The quantitative estimate of drug-likeness (QED) is 0.690. The van der Waals surface area contributed by atoms with Gasteiger partial charge in [-0.15, -0.1) is 0 Å². The molecule has 0 bridgehead atoms. The van der Waals surface area contributed by atoms with Crippen LogP contribution in [0.4, 0.5) is 0 Å². The average molecular weight is 215 g/mol. The van der Waals surface area contributed by atoms with Crippen LogP contribution in [0.5, 0.6) is 0 Å². The highest BCUT2D eigenvalue weighted by atomic mass is 16.3. The summed E-state index contributed by atoms with van der Waals surface area (Å²) < 4.78 is 0. The fourth-order valence-corrected chi connectivity index (χ4v) is 2.13. The van der Waals surface area contributed by atoms with Crippen LogP contribution in [0.25, 0.3) is 0 Å². The maximum atomic E-state index is 11.6. The van der Waals surface area contributed by atoms with E-state index in [1.807, 2.05) is 0 Å². The first kappa shape index (κ1) is 12.5. The molecule has 2 atom stereocenters. The molecule has 1 fully saturated rings.